The Balaban J connectivity index is 2.19. The highest BCUT2D eigenvalue weighted by Crippen LogP contribution is 2.40. The second-order valence-corrected chi connectivity index (χ2v) is 8.59. The lowest BCUT2D eigenvalue weighted by atomic mass is 9.95. The topological polar surface area (TPSA) is 166 Å². The Bertz CT molecular complexity index is 1310. The van der Waals surface area contributed by atoms with Crippen molar-refractivity contribution in [1.82, 2.24) is 25.6 Å². The summed E-state index contributed by atoms with van der Waals surface area (Å²) in [5, 5.41) is 5.89. The molecule has 0 aliphatic heterocycles. The number of carbonyl (C=O) groups excluding carboxylic acids is 3. The number of carbonyl (C=O) groups is 3. The number of pyridine rings is 2. The zero-order valence-electron chi connectivity index (χ0n) is 19.1. The van der Waals surface area contributed by atoms with Gasteiger partial charge in [-0.05, 0) is 19.4 Å². The van der Waals surface area contributed by atoms with E-state index in [1.165, 1.54) is 24.7 Å². The van der Waals surface area contributed by atoms with Gasteiger partial charge in [0.2, 0.25) is 5.91 Å². The first-order valence-corrected chi connectivity index (χ1v) is 11.4. The molecule has 1 unspecified atom stereocenters. The number of rotatable bonds is 8. The average Bonchev–Trinajstić information content (AvgIpc) is 3.32. The number of amides is 4. The van der Waals surface area contributed by atoms with E-state index in [4.69, 9.17) is 11.5 Å². The minimum atomic E-state index is -4.72. The molecule has 3 heterocycles. The summed E-state index contributed by atoms with van der Waals surface area (Å²) < 4.78 is 39.9. The SMILES string of the molecule is CCC(C)NC(=O)NCc1ncc(-c2cncc(C(N)=O)c2)c(-c2nc(C(F)(F)F)cs2)c1C(N)=O. The number of urea groups is 1. The van der Waals surface area contributed by atoms with Gasteiger partial charge in [-0.3, -0.25) is 19.6 Å². The number of thiazole rings is 1. The van der Waals surface area contributed by atoms with Gasteiger partial charge in [0.1, 0.15) is 5.01 Å². The molecule has 0 spiro atoms. The number of alkyl halides is 3. The van der Waals surface area contributed by atoms with Gasteiger partial charge in [0, 0.05) is 46.7 Å². The van der Waals surface area contributed by atoms with E-state index in [1.54, 1.807) is 6.92 Å². The van der Waals surface area contributed by atoms with Crippen LogP contribution in [0.3, 0.4) is 0 Å². The average molecular weight is 522 g/mol. The molecule has 0 saturated carbocycles. The molecule has 3 aromatic rings. The van der Waals surface area contributed by atoms with Gasteiger partial charge in [0.05, 0.1) is 23.4 Å². The molecule has 10 nitrogen and oxygen atoms in total. The third kappa shape index (κ3) is 5.94. The zero-order valence-corrected chi connectivity index (χ0v) is 20.0. The van der Waals surface area contributed by atoms with Gasteiger partial charge in [0.15, 0.2) is 5.69 Å². The maximum Gasteiger partial charge on any atom is 0.434 e. The molecular weight excluding hydrogens is 499 g/mol. The van der Waals surface area contributed by atoms with Gasteiger partial charge in [-0.25, -0.2) is 9.78 Å². The maximum absolute atomic E-state index is 13.3. The summed E-state index contributed by atoms with van der Waals surface area (Å²) in [4.78, 5) is 48.2. The maximum atomic E-state index is 13.3. The number of nitrogens with one attached hydrogen (secondary N) is 2. The monoisotopic (exact) mass is 521 g/mol. The van der Waals surface area contributed by atoms with Crippen molar-refractivity contribution in [2.75, 3.05) is 0 Å². The summed E-state index contributed by atoms with van der Waals surface area (Å²) in [6, 6.07) is 0.711. The van der Waals surface area contributed by atoms with E-state index in [2.05, 4.69) is 25.6 Å². The molecule has 36 heavy (non-hydrogen) atoms. The van der Waals surface area contributed by atoms with Crippen LogP contribution in [0.25, 0.3) is 21.7 Å². The summed E-state index contributed by atoms with van der Waals surface area (Å²) in [7, 11) is 0. The molecular formula is C22H22F3N7O3S. The van der Waals surface area contributed by atoms with E-state index >= 15 is 0 Å². The molecule has 0 saturated heterocycles. The fraction of sp³-hybridized carbons (Fsp3) is 0.273. The third-order valence-corrected chi connectivity index (χ3v) is 6.01. The number of nitrogens with zero attached hydrogens (tertiary/aromatic N) is 3. The highest BCUT2D eigenvalue weighted by atomic mass is 32.1. The Hall–Kier alpha value is -4.07. The van der Waals surface area contributed by atoms with Gasteiger partial charge in [-0.1, -0.05) is 6.92 Å². The van der Waals surface area contributed by atoms with Crippen LogP contribution in [0.2, 0.25) is 0 Å². The first-order chi connectivity index (χ1) is 16.9. The predicted molar refractivity (Wildman–Crippen MR) is 126 cm³/mol. The van der Waals surface area contributed by atoms with Crippen LogP contribution < -0.4 is 22.1 Å². The fourth-order valence-electron chi connectivity index (χ4n) is 3.17. The molecule has 4 amide bonds. The molecule has 0 bridgehead atoms. The minimum absolute atomic E-state index is 0.0170. The van der Waals surface area contributed by atoms with E-state index in [0.29, 0.717) is 17.8 Å². The summed E-state index contributed by atoms with van der Waals surface area (Å²) in [6.45, 7) is 3.44. The summed E-state index contributed by atoms with van der Waals surface area (Å²) in [5.41, 5.74) is 9.97. The standard InChI is InChI=1S/C22H22F3N7O3S/c1-3-10(2)31-21(35)30-8-14-17(19(27)34)16(20-32-15(9-36-20)22(23,24)25)13(7-29-14)11-4-12(18(26)33)6-28-5-11/h4-7,9-10H,3,8H2,1-2H3,(H2,26,33)(H2,27,34)(H2,30,31,35). The summed E-state index contributed by atoms with van der Waals surface area (Å²) in [5.74, 6) is -1.78. The lowest BCUT2D eigenvalue weighted by molar-refractivity contribution is -0.140. The largest absolute Gasteiger partial charge is 0.434 e. The third-order valence-electron chi connectivity index (χ3n) is 5.15. The highest BCUT2D eigenvalue weighted by Gasteiger charge is 2.35. The van der Waals surface area contributed by atoms with Crippen molar-refractivity contribution in [3.8, 4) is 21.7 Å². The summed E-state index contributed by atoms with van der Waals surface area (Å²) in [6.07, 6.45) is -0.218. The van der Waals surface area contributed by atoms with Gasteiger partial charge in [0.25, 0.3) is 5.91 Å². The lowest BCUT2D eigenvalue weighted by Gasteiger charge is -2.17. The van der Waals surface area contributed by atoms with Gasteiger partial charge < -0.3 is 22.1 Å². The van der Waals surface area contributed by atoms with Crippen molar-refractivity contribution in [2.24, 2.45) is 11.5 Å². The van der Waals surface area contributed by atoms with Crippen LogP contribution in [0.15, 0.2) is 30.0 Å². The first-order valence-electron chi connectivity index (χ1n) is 10.6. The van der Waals surface area contributed by atoms with Crippen LogP contribution in [0.1, 0.15) is 52.4 Å². The highest BCUT2D eigenvalue weighted by molar-refractivity contribution is 7.13. The van der Waals surface area contributed by atoms with E-state index in [-0.39, 0.29) is 51.1 Å². The van der Waals surface area contributed by atoms with Crippen molar-refractivity contribution in [3.05, 3.63) is 52.6 Å². The van der Waals surface area contributed by atoms with Crippen LogP contribution in [-0.2, 0) is 12.7 Å². The van der Waals surface area contributed by atoms with Crippen LogP contribution in [0.4, 0.5) is 18.0 Å². The lowest BCUT2D eigenvalue weighted by Crippen LogP contribution is -2.40. The molecule has 14 heteroatoms. The van der Waals surface area contributed by atoms with Crippen molar-refractivity contribution in [1.29, 1.82) is 0 Å². The molecule has 1 atom stereocenters. The van der Waals surface area contributed by atoms with Crippen molar-refractivity contribution >= 4 is 29.2 Å². The smallest absolute Gasteiger partial charge is 0.366 e. The van der Waals surface area contributed by atoms with E-state index < -0.39 is 29.7 Å². The van der Waals surface area contributed by atoms with Crippen LogP contribution in [0, 0.1) is 0 Å². The summed E-state index contributed by atoms with van der Waals surface area (Å²) >= 11 is 0.647. The molecule has 0 fully saturated rings. The van der Waals surface area contributed by atoms with E-state index in [1.807, 2.05) is 6.92 Å². The number of primary amides is 2. The van der Waals surface area contributed by atoms with E-state index in [9.17, 15) is 27.6 Å². The molecule has 6 N–H and O–H groups in total. The quantitative estimate of drug-likeness (QED) is 0.355. The molecule has 3 rings (SSSR count). The molecule has 0 aliphatic rings. The molecule has 0 aromatic carbocycles. The van der Waals surface area contributed by atoms with Crippen molar-refractivity contribution < 1.29 is 27.6 Å². The Morgan fingerprint density at radius 3 is 2.44 bits per heavy atom. The molecule has 3 aromatic heterocycles. The second-order valence-electron chi connectivity index (χ2n) is 7.73. The van der Waals surface area contributed by atoms with Gasteiger partial charge in [-0.2, -0.15) is 13.2 Å². The van der Waals surface area contributed by atoms with Crippen LogP contribution >= 0.6 is 11.3 Å². The fourth-order valence-corrected chi connectivity index (χ4v) is 4.06. The number of aromatic nitrogens is 3. The molecule has 0 aliphatic carbocycles. The van der Waals surface area contributed by atoms with Crippen molar-refractivity contribution in [2.45, 2.75) is 39.0 Å². The predicted octanol–water partition coefficient (Wildman–Crippen LogP) is 3.08. The Labute approximate surface area is 207 Å². The first kappa shape index (κ1) is 26.5. The van der Waals surface area contributed by atoms with Crippen LogP contribution in [-0.4, -0.2) is 38.8 Å². The van der Waals surface area contributed by atoms with Crippen LogP contribution in [0.5, 0.6) is 0 Å². The molecule has 0 radical (unpaired) electrons. The van der Waals surface area contributed by atoms with Gasteiger partial charge >= 0.3 is 12.2 Å². The number of hydrogen-bond donors (Lipinski definition) is 4. The van der Waals surface area contributed by atoms with E-state index in [0.717, 1.165) is 5.38 Å². The Morgan fingerprint density at radius 1 is 1.14 bits per heavy atom. The zero-order chi connectivity index (χ0) is 26.6. The Morgan fingerprint density at radius 2 is 1.86 bits per heavy atom. The second kappa shape index (κ2) is 10.7. The Kier molecular flexibility index (Phi) is 7.87. The number of halogens is 3. The number of nitrogens with two attached hydrogens (primary N) is 2. The minimum Gasteiger partial charge on any atom is -0.366 e. The van der Waals surface area contributed by atoms with Gasteiger partial charge in [-0.15, -0.1) is 11.3 Å². The number of hydrogen-bond acceptors (Lipinski definition) is 7. The molecule has 190 valence electrons. The van der Waals surface area contributed by atoms with Crippen molar-refractivity contribution in [3.63, 3.8) is 0 Å². The normalized spacial score (nSPS) is 12.1.